The Morgan fingerprint density at radius 3 is 3.00 bits per heavy atom. The molecule has 0 fully saturated rings. The van der Waals surface area contributed by atoms with E-state index in [1.165, 1.54) is 11.3 Å². The quantitative estimate of drug-likeness (QED) is 0.775. The molecule has 21 heavy (non-hydrogen) atoms. The zero-order valence-corrected chi connectivity index (χ0v) is 12.7. The standard InChI is InChI=1S/C15H16N4OS/c1-9(2)8-13-18-19-15(21-13)17-14(20)11-4-3-5-12-10(11)6-7-16-12/h3-7,9,16H,8H2,1-2H3,(H,17,19,20). The van der Waals surface area contributed by atoms with Gasteiger partial charge in [0, 0.05) is 29.1 Å². The Balaban J connectivity index is 1.80. The number of rotatable bonds is 4. The molecule has 108 valence electrons. The first-order chi connectivity index (χ1) is 10.1. The zero-order chi connectivity index (χ0) is 14.8. The zero-order valence-electron chi connectivity index (χ0n) is 11.9. The maximum absolute atomic E-state index is 12.4. The normalized spacial score (nSPS) is 11.2. The Bertz CT molecular complexity index is 775. The minimum Gasteiger partial charge on any atom is -0.361 e. The van der Waals surface area contributed by atoms with E-state index in [2.05, 4.69) is 34.3 Å². The first-order valence-corrected chi connectivity index (χ1v) is 7.65. The summed E-state index contributed by atoms with van der Waals surface area (Å²) in [6.07, 6.45) is 2.70. The lowest BCUT2D eigenvalue weighted by atomic mass is 10.1. The van der Waals surface area contributed by atoms with Crippen molar-refractivity contribution in [3.63, 3.8) is 0 Å². The van der Waals surface area contributed by atoms with Crippen LogP contribution in [-0.4, -0.2) is 21.1 Å². The molecular weight excluding hydrogens is 284 g/mol. The van der Waals surface area contributed by atoms with Gasteiger partial charge in [0.05, 0.1) is 0 Å². The molecule has 1 aromatic carbocycles. The minimum absolute atomic E-state index is 0.160. The second kappa shape index (κ2) is 5.65. The minimum atomic E-state index is -0.160. The Morgan fingerprint density at radius 2 is 2.19 bits per heavy atom. The van der Waals surface area contributed by atoms with E-state index >= 15 is 0 Å². The molecule has 6 heteroatoms. The van der Waals surface area contributed by atoms with E-state index in [9.17, 15) is 4.79 Å². The van der Waals surface area contributed by atoms with Gasteiger partial charge in [-0.2, -0.15) is 0 Å². The molecule has 0 radical (unpaired) electrons. The predicted molar refractivity (Wildman–Crippen MR) is 84.7 cm³/mol. The third kappa shape index (κ3) is 2.95. The topological polar surface area (TPSA) is 70.7 Å². The molecule has 0 spiro atoms. The monoisotopic (exact) mass is 300 g/mol. The fourth-order valence-corrected chi connectivity index (χ4v) is 3.13. The molecule has 5 nitrogen and oxygen atoms in total. The highest BCUT2D eigenvalue weighted by Gasteiger charge is 2.13. The highest BCUT2D eigenvalue weighted by atomic mass is 32.1. The van der Waals surface area contributed by atoms with Crippen LogP contribution in [0.3, 0.4) is 0 Å². The van der Waals surface area contributed by atoms with Crippen molar-refractivity contribution in [1.29, 1.82) is 0 Å². The number of hydrogen-bond donors (Lipinski definition) is 2. The van der Waals surface area contributed by atoms with Crippen LogP contribution in [0, 0.1) is 5.92 Å². The van der Waals surface area contributed by atoms with Gasteiger partial charge in [0.15, 0.2) is 0 Å². The summed E-state index contributed by atoms with van der Waals surface area (Å²) < 4.78 is 0. The maximum Gasteiger partial charge on any atom is 0.258 e. The molecule has 0 aliphatic carbocycles. The van der Waals surface area contributed by atoms with Crippen molar-refractivity contribution >= 4 is 33.3 Å². The lowest BCUT2D eigenvalue weighted by molar-refractivity contribution is 0.102. The Labute approximate surface area is 126 Å². The summed E-state index contributed by atoms with van der Waals surface area (Å²) in [6.45, 7) is 4.26. The third-order valence-electron chi connectivity index (χ3n) is 3.11. The maximum atomic E-state index is 12.4. The van der Waals surface area contributed by atoms with E-state index < -0.39 is 0 Å². The SMILES string of the molecule is CC(C)Cc1nnc(NC(=O)c2cccc3[nH]ccc23)s1. The second-order valence-corrected chi connectivity index (χ2v) is 6.36. The average molecular weight is 300 g/mol. The molecule has 2 aromatic heterocycles. The molecule has 0 aliphatic rings. The van der Waals surface area contributed by atoms with Crippen LogP contribution in [0.5, 0.6) is 0 Å². The van der Waals surface area contributed by atoms with Gasteiger partial charge in [-0.25, -0.2) is 0 Å². The highest BCUT2D eigenvalue weighted by Crippen LogP contribution is 2.21. The molecule has 3 aromatic rings. The molecule has 0 unspecified atom stereocenters. The van der Waals surface area contributed by atoms with Crippen LogP contribution in [0.2, 0.25) is 0 Å². The summed E-state index contributed by atoms with van der Waals surface area (Å²) in [5.74, 6) is 0.363. The fourth-order valence-electron chi connectivity index (χ4n) is 2.18. The fraction of sp³-hybridized carbons (Fsp3) is 0.267. The Hall–Kier alpha value is -2.21. The van der Waals surface area contributed by atoms with Crippen LogP contribution in [0.1, 0.15) is 29.2 Å². The van der Waals surface area contributed by atoms with Crippen molar-refractivity contribution in [2.75, 3.05) is 5.32 Å². The first kappa shape index (κ1) is 13.8. The summed E-state index contributed by atoms with van der Waals surface area (Å²) in [5.41, 5.74) is 1.58. The number of aromatic amines is 1. The number of aromatic nitrogens is 3. The van der Waals surface area contributed by atoms with Gasteiger partial charge in [-0.3, -0.25) is 10.1 Å². The highest BCUT2D eigenvalue weighted by molar-refractivity contribution is 7.15. The van der Waals surface area contributed by atoms with Crippen molar-refractivity contribution in [1.82, 2.24) is 15.2 Å². The molecule has 0 saturated carbocycles. The number of fused-ring (bicyclic) bond motifs is 1. The lowest BCUT2D eigenvalue weighted by Gasteiger charge is -2.02. The molecule has 2 N–H and O–H groups in total. The first-order valence-electron chi connectivity index (χ1n) is 6.83. The number of anilines is 1. The average Bonchev–Trinajstić information content (AvgIpc) is 3.06. The van der Waals surface area contributed by atoms with Crippen molar-refractivity contribution in [2.24, 2.45) is 5.92 Å². The number of hydrogen-bond acceptors (Lipinski definition) is 4. The van der Waals surface area contributed by atoms with Crippen LogP contribution >= 0.6 is 11.3 Å². The second-order valence-electron chi connectivity index (χ2n) is 5.30. The van der Waals surface area contributed by atoms with Crippen molar-refractivity contribution in [2.45, 2.75) is 20.3 Å². The van der Waals surface area contributed by atoms with Gasteiger partial charge >= 0.3 is 0 Å². The summed E-state index contributed by atoms with van der Waals surface area (Å²) in [4.78, 5) is 15.5. The molecule has 0 saturated heterocycles. The molecular formula is C15H16N4OS. The molecule has 0 bridgehead atoms. The summed E-state index contributed by atoms with van der Waals surface area (Å²) in [5, 5.41) is 13.4. The van der Waals surface area contributed by atoms with E-state index in [1.807, 2.05) is 30.5 Å². The van der Waals surface area contributed by atoms with Crippen molar-refractivity contribution in [3.05, 3.63) is 41.0 Å². The van der Waals surface area contributed by atoms with E-state index in [1.54, 1.807) is 0 Å². The van der Waals surface area contributed by atoms with E-state index in [0.29, 0.717) is 16.6 Å². The van der Waals surface area contributed by atoms with Crippen LogP contribution in [-0.2, 0) is 6.42 Å². The summed E-state index contributed by atoms with van der Waals surface area (Å²) in [7, 11) is 0. The van der Waals surface area contributed by atoms with E-state index in [4.69, 9.17) is 0 Å². The van der Waals surface area contributed by atoms with Gasteiger partial charge in [0.1, 0.15) is 5.01 Å². The van der Waals surface area contributed by atoms with Crippen molar-refractivity contribution in [3.8, 4) is 0 Å². The number of amides is 1. The Kier molecular flexibility index (Phi) is 3.70. The number of nitrogens with one attached hydrogen (secondary N) is 2. The summed E-state index contributed by atoms with van der Waals surface area (Å²) in [6, 6.07) is 7.51. The summed E-state index contributed by atoms with van der Waals surface area (Å²) >= 11 is 1.43. The molecule has 1 amide bonds. The van der Waals surface area contributed by atoms with E-state index in [-0.39, 0.29) is 5.91 Å². The van der Waals surface area contributed by atoms with Gasteiger partial charge in [-0.1, -0.05) is 31.3 Å². The number of carbonyl (C=O) groups is 1. The van der Waals surface area contributed by atoms with Gasteiger partial charge in [-0.15, -0.1) is 10.2 Å². The molecule has 0 aliphatic heterocycles. The van der Waals surface area contributed by atoms with Gasteiger partial charge in [0.25, 0.3) is 5.91 Å². The number of benzene rings is 1. The van der Waals surface area contributed by atoms with Crippen LogP contribution < -0.4 is 5.32 Å². The van der Waals surface area contributed by atoms with Crippen LogP contribution in [0.4, 0.5) is 5.13 Å². The van der Waals surface area contributed by atoms with Crippen LogP contribution in [0.25, 0.3) is 10.9 Å². The lowest BCUT2D eigenvalue weighted by Crippen LogP contribution is -2.11. The number of H-pyrrole nitrogens is 1. The van der Waals surface area contributed by atoms with Gasteiger partial charge < -0.3 is 4.98 Å². The van der Waals surface area contributed by atoms with Crippen molar-refractivity contribution < 1.29 is 4.79 Å². The smallest absolute Gasteiger partial charge is 0.258 e. The third-order valence-corrected chi connectivity index (χ3v) is 3.97. The number of carbonyl (C=O) groups excluding carboxylic acids is 1. The van der Waals surface area contributed by atoms with Gasteiger partial charge in [0.2, 0.25) is 5.13 Å². The van der Waals surface area contributed by atoms with E-state index in [0.717, 1.165) is 22.3 Å². The largest absolute Gasteiger partial charge is 0.361 e. The molecule has 2 heterocycles. The Morgan fingerprint density at radius 1 is 1.33 bits per heavy atom. The molecule has 3 rings (SSSR count). The molecule has 0 atom stereocenters. The van der Waals surface area contributed by atoms with Crippen LogP contribution in [0.15, 0.2) is 30.5 Å². The van der Waals surface area contributed by atoms with Gasteiger partial charge in [-0.05, 0) is 24.1 Å². The predicted octanol–water partition coefficient (Wildman–Crippen LogP) is 3.47. The number of nitrogens with zero attached hydrogens (tertiary/aromatic N) is 2.